The van der Waals surface area contributed by atoms with Crippen molar-refractivity contribution in [1.29, 1.82) is 0 Å². The van der Waals surface area contributed by atoms with Crippen molar-refractivity contribution in [2.24, 2.45) is 10.2 Å². The van der Waals surface area contributed by atoms with Crippen LogP contribution in [-0.4, -0.2) is 36.6 Å². The van der Waals surface area contributed by atoms with Crippen LogP contribution in [0.4, 0.5) is 22.2 Å². The number of fused-ring (bicyclic) bond motifs is 1. The number of anilines is 2. The zero-order chi connectivity index (χ0) is 27.2. The van der Waals surface area contributed by atoms with E-state index in [2.05, 4.69) is 20.5 Å². The van der Waals surface area contributed by atoms with E-state index in [9.17, 15) is 9.59 Å². The van der Waals surface area contributed by atoms with Crippen LogP contribution in [0.15, 0.2) is 70.9 Å². The predicted molar refractivity (Wildman–Crippen MR) is 154 cm³/mol. The number of carbonyl (C=O) groups is 2. The maximum Gasteiger partial charge on any atom is 0.328 e. The molecule has 8 nitrogen and oxygen atoms in total. The monoisotopic (exact) mass is 569 g/mol. The fourth-order valence-electron chi connectivity index (χ4n) is 3.87. The fourth-order valence-corrected chi connectivity index (χ4v) is 5.06. The SMILES string of the molecule is COC(=O)C(C)N(CCc1ccccc1)c1ccc(N=Nc2nc3cc(Cl)c(Cl)cc3s2)c(NC(C)=O)c1. The van der Waals surface area contributed by atoms with E-state index in [1.54, 1.807) is 31.2 Å². The van der Waals surface area contributed by atoms with Gasteiger partial charge in [-0.05, 0) is 49.2 Å². The number of benzene rings is 3. The predicted octanol–water partition coefficient (Wildman–Crippen LogP) is 7.59. The number of esters is 1. The first-order valence-electron chi connectivity index (χ1n) is 11.7. The van der Waals surface area contributed by atoms with Gasteiger partial charge in [0.2, 0.25) is 11.0 Å². The van der Waals surface area contributed by atoms with E-state index in [0.29, 0.717) is 45.0 Å². The lowest BCUT2D eigenvalue weighted by atomic mass is 10.1. The average molecular weight is 571 g/mol. The summed E-state index contributed by atoms with van der Waals surface area (Å²) in [6, 6.07) is 18.2. The number of ether oxygens (including phenoxy) is 1. The Kier molecular flexibility index (Phi) is 8.93. The molecule has 38 heavy (non-hydrogen) atoms. The summed E-state index contributed by atoms with van der Waals surface area (Å²) in [6.45, 7) is 3.75. The van der Waals surface area contributed by atoms with Gasteiger partial charge in [-0.15, -0.1) is 10.2 Å². The molecule has 1 unspecified atom stereocenters. The third-order valence-corrected chi connectivity index (χ3v) is 7.40. The summed E-state index contributed by atoms with van der Waals surface area (Å²) in [7, 11) is 1.37. The van der Waals surface area contributed by atoms with Crippen LogP contribution >= 0.6 is 34.5 Å². The normalized spacial score (nSPS) is 12.0. The molecule has 1 N–H and O–H groups in total. The molecule has 0 aliphatic carbocycles. The van der Waals surface area contributed by atoms with Crippen molar-refractivity contribution in [2.45, 2.75) is 26.3 Å². The molecule has 196 valence electrons. The highest BCUT2D eigenvalue weighted by Crippen LogP contribution is 2.36. The van der Waals surface area contributed by atoms with E-state index >= 15 is 0 Å². The number of aromatic nitrogens is 1. The Labute approximate surface area is 234 Å². The Bertz CT molecular complexity index is 1450. The van der Waals surface area contributed by atoms with Gasteiger partial charge in [-0.1, -0.05) is 64.9 Å². The van der Waals surface area contributed by atoms with Crippen LogP contribution in [0.5, 0.6) is 0 Å². The number of hydrogen-bond donors (Lipinski definition) is 1. The lowest BCUT2D eigenvalue weighted by Crippen LogP contribution is -2.41. The number of rotatable bonds is 9. The standard InChI is InChI=1S/C27H25Cl2N5O3S/c1-16(26(36)37-3)34(12-11-18-7-5-4-6-8-18)19-9-10-22(23(13-19)30-17(2)35)32-33-27-31-24-14-20(28)21(29)15-25(24)38-27/h4-10,13-16H,11-12H2,1-3H3,(H,30,35). The van der Waals surface area contributed by atoms with Gasteiger partial charge in [-0.3, -0.25) is 4.79 Å². The van der Waals surface area contributed by atoms with Crippen molar-refractivity contribution in [1.82, 2.24) is 4.98 Å². The van der Waals surface area contributed by atoms with Crippen LogP contribution in [-0.2, 0) is 20.7 Å². The Morgan fingerprint density at radius 1 is 1.08 bits per heavy atom. The van der Waals surface area contributed by atoms with Crippen molar-refractivity contribution < 1.29 is 14.3 Å². The van der Waals surface area contributed by atoms with E-state index in [1.807, 2.05) is 41.3 Å². The molecule has 0 spiro atoms. The number of halogens is 2. The van der Waals surface area contributed by atoms with Gasteiger partial charge in [0.25, 0.3) is 0 Å². The quantitative estimate of drug-likeness (QED) is 0.165. The Morgan fingerprint density at radius 3 is 2.53 bits per heavy atom. The molecule has 0 bridgehead atoms. The molecular formula is C27H25Cl2N5O3S. The number of nitrogens with zero attached hydrogens (tertiary/aromatic N) is 4. The van der Waals surface area contributed by atoms with E-state index in [-0.39, 0.29) is 11.9 Å². The molecular weight excluding hydrogens is 545 g/mol. The molecule has 1 heterocycles. The second-order valence-electron chi connectivity index (χ2n) is 8.44. The van der Waals surface area contributed by atoms with Gasteiger partial charge >= 0.3 is 5.97 Å². The van der Waals surface area contributed by atoms with Crippen LogP contribution < -0.4 is 10.2 Å². The molecule has 11 heteroatoms. The van der Waals surface area contributed by atoms with Gasteiger partial charge in [-0.25, -0.2) is 9.78 Å². The maximum absolute atomic E-state index is 12.5. The second-order valence-corrected chi connectivity index (χ2v) is 10.3. The highest BCUT2D eigenvalue weighted by molar-refractivity contribution is 7.22. The molecule has 0 radical (unpaired) electrons. The smallest absolute Gasteiger partial charge is 0.328 e. The second kappa shape index (κ2) is 12.3. The van der Waals surface area contributed by atoms with E-state index in [4.69, 9.17) is 27.9 Å². The third-order valence-electron chi connectivity index (χ3n) is 5.78. The largest absolute Gasteiger partial charge is 0.467 e. The number of hydrogen-bond acceptors (Lipinski definition) is 8. The first kappa shape index (κ1) is 27.5. The van der Waals surface area contributed by atoms with Crippen molar-refractivity contribution in [3.05, 3.63) is 76.3 Å². The molecule has 0 fully saturated rings. The maximum atomic E-state index is 12.5. The van der Waals surface area contributed by atoms with Gasteiger partial charge in [0.05, 0.1) is 33.1 Å². The minimum Gasteiger partial charge on any atom is -0.467 e. The number of nitrogens with one attached hydrogen (secondary N) is 1. The number of methoxy groups -OCH3 is 1. The molecule has 3 aromatic carbocycles. The summed E-state index contributed by atoms with van der Waals surface area (Å²) in [5.41, 5.74) is 3.42. The fraction of sp³-hybridized carbons (Fsp3) is 0.222. The summed E-state index contributed by atoms with van der Waals surface area (Å²) in [5, 5.41) is 12.7. The van der Waals surface area contributed by atoms with Gasteiger partial charge in [0, 0.05) is 19.2 Å². The van der Waals surface area contributed by atoms with Crippen molar-refractivity contribution >= 4 is 78.8 Å². The molecule has 0 saturated carbocycles. The first-order chi connectivity index (χ1) is 18.2. The lowest BCUT2D eigenvalue weighted by molar-refractivity contribution is -0.141. The zero-order valence-electron chi connectivity index (χ0n) is 20.9. The van der Waals surface area contributed by atoms with Gasteiger partial charge in [0.15, 0.2) is 0 Å². The van der Waals surface area contributed by atoms with Crippen LogP contribution in [0.1, 0.15) is 19.4 Å². The lowest BCUT2D eigenvalue weighted by Gasteiger charge is -2.30. The summed E-state index contributed by atoms with van der Waals surface area (Å²) >= 11 is 13.5. The Hall–Kier alpha value is -3.53. The molecule has 1 atom stereocenters. The highest BCUT2D eigenvalue weighted by Gasteiger charge is 2.23. The number of thiazole rings is 1. The first-order valence-corrected chi connectivity index (χ1v) is 13.3. The zero-order valence-corrected chi connectivity index (χ0v) is 23.3. The van der Waals surface area contributed by atoms with Crippen LogP contribution in [0.2, 0.25) is 10.0 Å². The van der Waals surface area contributed by atoms with Crippen LogP contribution in [0.25, 0.3) is 10.2 Å². The Balaban J connectivity index is 1.65. The third kappa shape index (κ3) is 6.66. The van der Waals surface area contributed by atoms with E-state index in [1.165, 1.54) is 25.4 Å². The van der Waals surface area contributed by atoms with Crippen LogP contribution in [0, 0.1) is 0 Å². The minimum absolute atomic E-state index is 0.264. The van der Waals surface area contributed by atoms with Gasteiger partial charge in [0.1, 0.15) is 11.7 Å². The molecule has 0 aliphatic rings. The average Bonchev–Trinajstić information content (AvgIpc) is 3.29. The number of amides is 1. The summed E-state index contributed by atoms with van der Waals surface area (Å²) < 4.78 is 5.84. The summed E-state index contributed by atoms with van der Waals surface area (Å²) in [4.78, 5) is 30.8. The topological polar surface area (TPSA) is 96.2 Å². The molecule has 0 aliphatic heterocycles. The van der Waals surface area contributed by atoms with E-state index < -0.39 is 6.04 Å². The van der Waals surface area contributed by atoms with Crippen LogP contribution in [0.3, 0.4) is 0 Å². The van der Waals surface area contributed by atoms with Gasteiger partial charge in [-0.2, -0.15) is 0 Å². The highest BCUT2D eigenvalue weighted by atomic mass is 35.5. The molecule has 1 amide bonds. The molecule has 1 aromatic heterocycles. The van der Waals surface area contributed by atoms with E-state index in [0.717, 1.165) is 16.0 Å². The minimum atomic E-state index is -0.553. The number of carbonyl (C=O) groups excluding carboxylic acids is 2. The van der Waals surface area contributed by atoms with Gasteiger partial charge < -0.3 is 15.0 Å². The van der Waals surface area contributed by atoms with Crippen molar-refractivity contribution in [2.75, 3.05) is 23.9 Å². The molecule has 4 rings (SSSR count). The summed E-state index contributed by atoms with van der Waals surface area (Å²) in [5.74, 6) is -0.626. The Morgan fingerprint density at radius 2 is 1.82 bits per heavy atom. The molecule has 0 saturated heterocycles. The molecule has 4 aromatic rings. The number of azo groups is 1. The van der Waals surface area contributed by atoms with Crippen molar-refractivity contribution in [3.8, 4) is 0 Å². The summed E-state index contributed by atoms with van der Waals surface area (Å²) in [6.07, 6.45) is 0.713. The van der Waals surface area contributed by atoms with Crippen molar-refractivity contribution in [3.63, 3.8) is 0 Å².